The first-order chi connectivity index (χ1) is 10.0. The minimum absolute atomic E-state index is 0.113. The van der Waals surface area contributed by atoms with Crippen molar-refractivity contribution in [2.75, 3.05) is 17.7 Å². The molecule has 2 rings (SSSR count). The third-order valence-electron chi connectivity index (χ3n) is 2.80. The molecule has 0 unspecified atom stereocenters. The van der Waals surface area contributed by atoms with E-state index in [0.717, 1.165) is 10.3 Å². The second-order valence-electron chi connectivity index (χ2n) is 4.48. The van der Waals surface area contributed by atoms with Crippen molar-refractivity contribution in [3.05, 3.63) is 46.7 Å². The monoisotopic (exact) mass is 349 g/mol. The van der Waals surface area contributed by atoms with Gasteiger partial charge in [-0.25, -0.2) is 4.98 Å². The summed E-state index contributed by atoms with van der Waals surface area (Å²) in [5, 5.41) is 2.81. The highest BCUT2D eigenvalue weighted by molar-refractivity contribution is 9.10. The smallest absolute Gasteiger partial charge is 0.227 e. The number of rotatable bonds is 5. The number of carbonyl (C=O) groups excluding carboxylic acids is 1. The first-order valence-corrected chi connectivity index (χ1v) is 7.25. The number of aryl methyl sites for hydroxylation is 1. The van der Waals surface area contributed by atoms with Crippen molar-refractivity contribution in [3.8, 4) is 5.75 Å². The molecule has 0 radical (unpaired) electrons. The van der Waals surface area contributed by atoms with E-state index in [1.807, 2.05) is 13.0 Å². The van der Waals surface area contributed by atoms with Gasteiger partial charge in [0.25, 0.3) is 0 Å². The SMILES string of the molecule is Cc1nc(Br)ccc1NC(=O)CCOc1ccc(N)cc1. The molecule has 1 aromatic carbocycles. The van der Waals surface area contributed by atoms with Gasteiger partial charge in [0, 0.05) is 5.69 Å². The van der Waals surface area contributed by atoms with E-state index >= 15 is 0 Å². The van der Waals surface area contributed by atoms with E-state index in [1.165, 1.54) is 0 Å². The van der Waals surface area contributed by atoms with E-state index in [0.29, 0.717) is 23.7 Å². The molecule has 110 valence electrons. The number of nitrogen functional groups attached to an aromatic ring is 1. The van der Waals surface area contributed by atoms with E-state index in [9.17, 15) is 4.79 Å². The van der Waals surface area contributed by atoms with Crippen molar-refractivity contribution >= 4 is 33.2 Å². The number of amides is 1. The van der Waals surface area contributed by atoms with E-state index < -0.39 is 0 Å². The first-order valence-electron chi connectivity index (χ1n) is 6.46. The number of aromatic nitrogens is 1. The molecular weight excluding hydrogens is 334 g/mol. The zero-order chi connectivity index (χ0) is 15.2. The molecule has 21 heavy (non-hydrogen) atoms. The van der Waals surface area contributed by atoms with Crippen molar-refractivity contribution in [3.63, 3.8) is 0 Å². The Labute approximate surface area is 131 Å². The predicted molar refractivity (Wildman–Crippen MR) is 86.3 cm³/mol. The highest BCUT2D eigenvalue weighted by Crippen LogP contribution is 2.16. The Morgan fingerprint density at radius 2 is 2.00 bits per heavy atom. The number of nitrogens with one attached hydrogen (secondary N) is 1. The van der Waals surface area contributed by atoms with Crippen LogP contribution in [0.2, 0.25) is 0 Å². The van der Waals surface area contributed by atoms with E-state index in [1.54, 1.807) is 30.3 Å². The summed E-state index contributed by atoms with van der Waals surface area (Å²) in [6.45, 7) is 2.14. The molecule has 0 saturated heterocycles. The van der Waals surface area contributed by atoms with Crippen LogP contribution in [-0.4, -0.2) is 17.5 Å². The van der Waals surface area contributed by atoms with Crippen LogP contribution in [0.5, 0.6) is 5.75 Å². The van der Waals surface area contributed by atoms with Crippen LogP contribution in [0, 0.1) is 6.92 Å². The molecule has 0 fully saturated rings. The lowest BCUT2D eigenvalue weighted by Gasteiger charge is -2.09. The van der Waals surface area contributed by atoms with Gasteiger partial charge in [0.2, 0.25) is 5.91 Å². The summed E-state index contributed by atoms with van der Waals surface area (Å²) in [6, 6.07) is 10.7. The van der Waals surface area contributed by atoms with Crippen LogP contribution < -0.4 is 15.8 Å². The Morgan fingerprint density at radius 1 is 1.29 bits per heavy atom. The van der Waals surface area contributed by atoms with Gasteiger partial charge in [-0.2, -0.15) is 0 Å². The number of hydrogen-bond donors (Lipinski definition) is 2. The van der Waals surface area contributed by atoms with Crippen LogP contribution in [0.15, 0.2) is 41.0 Å². The molecule has 0 atom stereocenters. The zero-order valence-electron chi connectivity index (χ0n) is 11.6. The highest BCUT2D eigenvalue weighted by atomic mass is 79.9. The average molecular weight is 350 g/mol. The lowest BCUT2D eigenvalue weighted by atomic mass is 10.3. The van der Waals surface area contributed by atoms with Gasteiger partial charge < -0.3 is 15.8 Å². The van der Waals surface area contributed by atoms with Gasteiger partial charge in [0.05, 0.1) is 24.4 Å². The first kappa shape index (κ1) is 15.3. The summed E-state index contributed by atoms with van der Waals surface area (Å²) in [5.74, 6) is 0.580. The third-order valence-corrected chi connectivity index (χ3v) is 3.25. The number of carbonyl (C=O) groups is 1. The van der Waals surface area contributed by atoms with Gasteiger partial charge in [0.15, 0.2) is 0 Å². The Balaban J connectivity index is 1.81. The van der Waals surface area contributed by atoms with Crippen molar-refractivity contribution in [2.45, 2.75) is 13.3 Å². The molecule has 0 saturated carbocycles. The fraction of sp³-hybridized carbons (Fsp3) is 0.200. The van der Waals surface area contributed by atoms with Crippen LogP contribution in [0.1, 0.15) is 12.1 Å². The average Bonchev–Trinajstić information content (AvgIpc) is 2.44. The second kappa shape index (κ2) is 7.08. The molecule has 0 aliphatic rings. The molecule has 0 aliphatic heterocycles. The minimum atomic E-state index is -0.113. The molecule has 1 amide bonds. The maximum Gasteiger partial charge on any atom is 0.227 e. The van der Waals surface area contributed by atoms with Crippen LogP contribution >= 0.6 is 15.9 Å². The maximum atomic E-state index is 11.8. The summed E-state index contributed by atoms with van der Waals surface area (Å²) in [6.07, 6.45) is 0.264. The molecule has 6 heteroatoms. The summed E-state index contributed by atoms with van der Waals surface area (Å²) in [7, 11) is 0. The number of nitrogens with zero attached hydrogens (tertiary/aromatic N) is 1. The topological polar surface area (TPSA) is 77.2 Å². The number of halogens is 1. The Bertz CT molecular complexity index is 629. The third kappa shape index (κ3) is 4.75. The minimum Gasteiger partial charge on any atom is -0.493 e. The van der Waals surface area contributed by atoms with Gasteiger partial charge in [-0.05, 0) is 59.3 Å². The van der Waals surface area contributed by atoms with Crippen molar-refractivity contribution in [2.24, 2.45) is 0 Å². The van der Waals surface area contributed by atoms with Gasteiger partial charge in [-0.1, -0.05) is 0 Å². The quantitative estimate of drug-likeness (QED) is 0.642. The zero-order valence-corrected chi connectivity index (χ0v) is 13.2. The van der Waals surface area contributed by atoms with E-state index in [-0.39, 0.29) is 12.3 Å². The fourth-order valence-corrected chi connectivity index (χ4v) is 2.10. The normalized spacial score (nSPS) is 10.2. The summed E-state index contributed by atoms with van der Waals surface area (Å²) < 4.78 is 6.22. The Kier molecular flexibility index (Phi) is 5.16. The summed E-state index contributed by atoms with van der Waals surface area (Å²) >= 11 is 3.28. The molecule has 3 N–H and O–H groups in total. The molecule has 5 nitrogen and oxygen atoms in total. The Morgan fingerprint density at radius 3 is 2.67 bits per heavy atom. The molecule has 1 heterocycles. The predicted octanol–water partition coefficient (Wildman–Crippen LogP) is 3.14. The summed E-state index contributed by atoms with van der Waals surface area (Å²) in [4.78, 5) is 16.1. The van der Waals surface area contributed by atoms with Gasteiger partial charge in [-0.15, -0.1) is 0 Å². The lowest BCUT2D eigenvalue weighted by molar-refractivity contribution is -0.116. The molecule has 1 aromatic heterocycles. The van der Waals surface area contributed by atoms with Crippen molar-refractivity contribution in [1.29, 1.82) is 0 Å². The number of anilines is 2. The van der Waals surface area contributed by atoms with Crippen LogP contribution in [0.3, 0.4) is 0 Å². The maximum absolute atomic E-state index is 11.8. The van der Waals surface area contributed by atoms with Gasteiger partial charge >= 0.3 is 0 Å². The molecule has 0 bridgehead atoms. The van der Waals surface area contributed by atoms with Gasteiger partial charge in [-0.3, -0.25) is 4.79 Å². The standard InChI is InChI=1S/C15H16BrN3O2/c1-10-13(6-7-14(16)18-10)19-15(20)8-9-21-12-4-2-11(17)3-5-12/h2-7H,8-9,17H2,1H3,(H,19,20). The van der Waals surface area contributed by atoms with Crippen LogP contribution in [-0.2, 0) is 4.79 Å². The van der Waals surface area contributed by atoms with Gasteiger partial charge in [0.1, 0.15) is 10.4 Å². The molecule has 0 spiro atoms. The van der Waals surface area contributed by atoms with Crippen molar-refractivity contribution in [1.82, 2.24) is 4.98 Å². The lowest BCUT2D eigenvalue weighted by Crippen LogP contribution is -2.16. The van der Waals surface area contributed by atoms with E-state index in [2.05, 4.69) is 26.2 Å². The number of pyridine rings is 1. The van der Waals surface area contributed by atoms with Crippen LogP contribution in [0.4, 0.5) is 11.4 Å². The number of benzene rings is 1. The molecule has 0 aliphatic carbocycles. The number of ether oxygens (including phenoxy) is 1. The highest BCUT2D eigenvalue weighted by Gasteiger charge is 2.06. The van der Waals surface area contributed by atoms with Crippen molar-refractivity contribution < 1.29 is 9.53 Å². The largest absolute Gasteiger partial charge is 0.493 e. The second-order valence-corrected chi connectivity index (χ2v) is 5.30. The Hall–Kier alpha value is -2.08. The number of hydrogen-bond acceptors (Lipinski definition) is 4. The summed E-state index contributed by atoms with van der Waals surface area (Å²) in [5.41, 5.74) is 7.73. The van der Waals surface area contributed by atoms with Crippen LogP contribution in [0.25, 0.3) is 0 Å². The van der Waals surface area contributed by atoms with E-state index in [4.69, 9.17) is 10.5 Å². The number of nitrogens with two attached hydrogens (primary N) is 1. The molecular formula is C15H16BrN3O2. The molecule has 2 aromatic rings. The fourth-order valence-electron chi connectivity index (χ4n) is 1.70.